The van der Waals surface area contributed by atoms with Gasteiger partial charge in [-0.3, -0.25) is 9.89 Å². The number of aromatic nitrogens is 2. The van der Waals surface area contributed by atoms with Crippen molar-refractivity contribution in [3.63, 3.8) is 0 Å². The van der Waals surface area contributed by atoms with Crippen LogP contribution in [-0.2, 0) is 6.42 Å². The molecular weight excluding hydrogens is 286 g/mol. The third-order valence-corrected chi connectivity index (χ3v) is 4.23. The smallest absolute Gasteiger partial charge is 0.276 e. The molecule has 2 aromatic carbocycles. The van der Waals surface area contributed by atoms with E-state index < -0.39 is 0 Å². The molecule has 1 aliphatic rings. The normalized spacial score (nSPS) is 13.7. The number of rotatable bonds is 2. The summed E-state index contributed by atoms with van der Waals surface area (Å²) in [5.74, 6) is -0.0215. The molecular formula is C19H17N3O. The van der Waals surface area contributed by atoms with Crippen LogP contribution in [0.4, 0.5) is 5.69 Å². The maximum Gasteiger partial charge on any atom is 0.276 e. The fraction of sp³-hybridized carbons (Fsp3) is 0.158. The second kappa shape index (κ2) is 5.72. The number of hydrogen-bond acceptors (Lipinski definition) is 2. The van der Waals surface area contributed by atoms with E-state index >= 15 is 0 Å². The molecule has 0 aliphatic carbocycles. The van der Waals surface area contributed by atoms with Crippen LogP contribution in [0.1, 0.15) is 22.5 Å². The fourth-order valence-electron chi connectivity index (χ4n) is 3.08. The molecule has 3 aromatic rings. The van der Waals surface area contributed by atoms with E-state index in [2.05, 4.69) is 16.3 Å². The van der Waals surface area contributed by atoms with Gasteiger partial charge in [-0.1, -0.05) is 48.5 Å². The molecule has 0 saturated carbocycles. The Labute approximate surface area is 134 Å². The van der Waals surface area contributed by atoms with Crippen LogP contribution in [0.2, 0.25) is 0 Å². The number of benzene rings is 2. The molecule has 1 amide bonds. The van der Waals surface area contributed by atoms with Crippen molar-refractivity contribution in [2.75, 3.05) is 11.4 Å². The highest BCUT2D eigenvalue weighted by Gasteiger charge is 2.24. The number of H-pyrrole nitrogens is 1. The molecule has 1 aromatic heterocycles. The van der Waals surface area contributed by atoms with Crippen molar-refractivity contribution in [1.82, 2.24) is 10.2 Å². The third-order valence-electron chi connectivity index (χ3n) is 4.23. The maximum atomic E-state index is 12.9. The second-order valence-corrected chi connectivity index (χ2v) is 5.72. The summed E-state index contributed by atoms with van der Waals surface area (Å²) in [4.78, 5) is 14.7. The van der Waals surface area contributed by atoms with E-state index in [1.165, 1.54) is 5.56 Å². The standard InChI is InChI=1S/C19H17N3O/c23-19(22-12-6-10-15-9-4-5-11-18(15)22)17-13-16(20-21-17)14-7-2-1-3-8-14/h1-5,7-9,11,13H,6,10,12H2,(H,20,21). The average molecular weight is 303 g/mol. The van der Waals surface area contributed by atoms with Crippen LogP contribution in [0.3, 0.4) is 0 Å². The zero-order chi connectivity index (χ0) is 15.6. The number of para-hydroxylation sites is 1. The molecule has 4 heteroatoms. The molecule has 0 bridgehead atoms. The van der Waals surface area contributed by atoms with E-state index in [1.807, 2.05) is 59.5 Å². The molecule has 0 atom stereocenters. The first-order chi connectivity index (χ1) is 11.3. The maximum absolute atomic E-state index is 12.9. The van der Waals surface area contributed by atoms with Gasteiger partial charge in [0.15, 0.2) is 0 Å². The summed E-state index contributed by atoms with van der Waals surface area (Å²) in [6.07, 6.45) is 2.01. The number of carbonyl (C=O) groups is 1. The Balaban J connectivity index is 1.65. The van der Waals surface area contributed by atoms with Gasteiger partial charge in [0, 0.05) is 17.8 Å². The summed E-state index contributed by atoms with van der Waals surface area (Å²) in [5, 5.41) is 7.18. The van der Waals surface area contributed by atoms with Crippen LogP contribution in [-0.4, -0.2) is 22.6 Å². The minimum absolute atomic E-state index is 0.0215. The Morgan fingerprint density at radius 1 is 1.04 bits per heavy atom. The predicted octanol–water partition coefficient (Wildman–Crippen LogP) is 3.67. The highest BCUT2D eigenvalue weighted by molar-refractivity contribution is 6.06. The van der Waals surface area contributed by atoms with E-state index in [-0.39, 0.29) is 5.91 Å². The average Bonchev–Trinajstić information content (AvgIpc) is 3.11. The van der Waals surface area contributed by atoms with Gasteiger partial charge in [-0.2, -0.15) is 5.10 Å². The molecule has 114 valence electrons. The third kappa shape index (κ3) is 2.52. The number of carbonyl (C=O) groups excluding carboxylic acids is 1. The summed E-state index contributed by atoms with van der Waals surface area (Å²) in [5.41, 5.74) is 4.57. The Morgan fingerprint density at radius 2 is 1.83 bits per heavy atom. The lowest BCUT2D eigenvalue weighted by molar-refractivity contribution is 0.0980. The lowest BCUT2D eigenvalue weighted by Gasteiger charge is -2.28. The first-order valence-electron chi connectivity index (χ1n) is 7.83. The van der Waals surface area contributed by atoms with Crippen LogP contribution < -0.4 is 4.90 Å². The number of fused-ring (bicyclic) bond motifs is 1. The zero-order valence-electron chi connectivity index (χ0n) is 12.7. The summed E-state index contributed by atoms with van der Waals surface area (Å²) in [6.45, 7) is 0.746. The van der Waals surface area contributed by atoms with Crippen molar-refractivity contribution < 1.29 is 4.79 Å². The summed E-state index contributed by atoms with van der Waals surface area (Å²) in [7, 11) is 0. The van der Waals surface area contributed by atoms with Gasteiger partial charge >= 0.3 is 0 Å². The lowest BCUT2D eigenvalue weighted by atomic mass is 10.0. The Kier molecular flexibility index (Phi) is 3.42. The molecule has 0 fully saturated rings. The summed E-state index contributed by atoms with van der Waals surface area (Å²) < 4.78 is 0. The molecule has 4 nitrogen and oxygen atoms in total. The molecule has 2 heterocycles. The van der Waals surface area contributed by atoms with Crippen molar-refractivity contribution >= 4 is 11.6 Å². The number of aromatic amines is 1. The van der Waals surface area contributed by atoms with Crippen molar-refractivity contribution in [2.45, 2.75) is 12.8 Å². The molecule has 4 rings (SSSR count). The SMILES string of the molecule is O=C(c1cc(-c2ccccc2)n[nH]1)N1CCCc2ccccc21. The van der Waals surface area contributed by atoms with E-state index in [0.717, 1.165) is 36.3 Å². The van der Waals surface area contributed by atoms with Crippen LogP contribution >= 0.6 is 0 Å². The Morgan fingerprint density at radius 3 is 2.70 bits per heavy atom. The van der Waals surface area contributed by atoms with Gasteiger partial charge in [0.2, 0.25) is 0 Å². The van der Waals surface area contributed by atoms with Gasteiger partial charge in [0.1, 0.15) is 5.69 Å². The molecule has 0 spiro atoms. The van der Waals surface area contributed by atoms with Crippen LogP contribution in [0.5, 0.6) is 0 Å². The Bertz CT molecular complexity index is 839. The van der Waals surface area contributed by atoms with Crippen molar-refractivity contribution in [3.05, 3.63) is 71.9 Å². The molecule has 23 heavy (non-hydrogen) atoms. The van der Waals surface area contributed by atoms with Gasteiger partial charge in [-0.25, -0.2) is 0 Å². The quantitative estimate of drug-likeness (QED) is 0.785. The summed E-state index contributed by atoms with van der Waals surface area (Å²) >= 11 is 0. The minimum atomic E-state index is -0.0215. The number of nitrogens with one attached hydrogen (secondary N) is 1. The minimum Gasteiger partial charge on any atom is -0.307 e. The number of aryl methyl sites for hydroxylation is 1. The molecule has 0 unspecified atom stereocenters. The number of amides is 1. The molecule has 0 saturated heterocycles. The number of anilines is 1. The predicted molar refractivity (Wildman–Crippen MR) is 90.5 cm³/mol. The van der Waals surface area contributed by atoms with Crippen LogP contribution in [0.15, 0.2) is 60.7 Å². The summed E-state index contributed by atoms with van der Waals surface area (Å²) in [6, 6.07) is 19.8. The first kappa shape index (κ1) is 13.8. The van der Waals surface area contributed by atoms with Gasteiger partial charge in [-0.05, 0) is 30.5 Å². The van der Waals surface area contributed by atoms with Gasteiger partial charge in [0.25, 0.3) is 5.91 Å². The second-order valence-electron chi connectivity index (χ2n) is 5.72. The topological polar surface area (TPSA) is 49.0 Å². The van der Waals surface area contributed by atoms with E-state index in [4.69, 9.17) is 0 Å². The number of nitrogens with zero attached hydrogens (tertiary/aromatic N) is 2. The van der Waals surface area contributed by atoms with Crippen LogP contribution in [0.25, 0.3) is 11.3 Å². The first-order valence-corrected chi connectivity index (χ1v) is 7.83. The lowest BCUT2D eigenvalue weighted by Crippen LogP contribution is -2.35. The van der Waals surface area contributed by atoms with Gasteiger partial charge < -0.3 is 4.90 Å². The highest BCUT2D eigenvalue weighted by Crippen LogP contribution is 2.28. The molecule has 1 aliphatic heterocycles. The zero-order valence-corrected chi connectivity index (χ0v) is 12.7. The molecule has 0 radical (unpaired) electrons. The fourth-order valence-corrected chi connectivity index (χ4v) is 3.08. The van der Waals surface area contributed by atoms with Crippen molar-refractivity contribution in [1.29, 1.82) is 0 Å². The van der Waals surface area contributed by atoms with Crippen LogP contribution in [0, 0.1) is 0 Å². The van der Waals surface area contributed by atoms with Gasteiger partial charge in [0.05, 0.1) is 5.69 Å². The van der Waals surface area contributed by atoms with E-state index in [9.17, 15) is 4.79 Å². The highest BCUT2D eigenvalue weighted by atomic mass is 16.2. The monoisotopic (exact) mass is 303 g/mol. The van der Waals surface area contributed by atoms with Gasteiger partial charge in [-0.15, -0.1) is 0 Å². The largest absolute Gasteiger partial charge is 0.307 e. The van der Waals surface area contributed by atoms with E-state index in [1.54, 1.807) is 0 Å². The van der Waals surface area contributed by atoms with Crippen molar-refractivity contribution in [2.24, 2.45) is 0 Å². The molecule has 1 N–H and O–H groups in total. The van der Waals surface area contributed by atoms with E-state index in [0.29, 0.717) is 5.69 Å². The number of hydrogen-bond donors (Lipinski definition) is 1. The Hall–Kier alpha value is -2.88. The van der Waals surface area contributed by atoms with Crippen molar-refractivity contribution in [3.8, 4) is 11.3 Å².